The summed E-state index contributed by atoms with van der Waals surface area (Å²) in [6.07, 6.45) is 2.36. The fourth-order valence-electron chi connectivity index (χ4n) is 2.58. The molecule has 0 radical (unpaired) electrons. The van der Waals surface area contributed by atoms with E-state index in [0.29, 0.717) is 23.2 Å². The van der Waals surface area contributed by atoms with Crippen LogP contribution < -0.4 is 10.1 Å². The van der Waals surface area contributed by atoms with Crippen LogP contribution in [0.1, 0.15) is 18.4 Å². The smallest absolute Gasteiger partial charge is 0.227 e. The number of rotatable bonds is 4. The van der Waals surface area contributed by atoms with Gasteiger partial charge in [-0.05, 0) is 38.1 Å². The summed E-state index contributed by atoms with van der Waals surface area (Å²) in [6, 6.07) is 5.91. The Morgan fingerprint density at radius 3 is 2.75 bits per heavy atom. The third-order valence-electron chi connectivity index (χ3n) is 3.84. The Morgan fingerprint density at radius 2 is 2.15 bits per heavy atom. The largest absolute Gasteiger partial charge is 0.496 e. The van der Waals surface area contributed by atoms with Gasteiger partial charge in [0, 0.05) is 29.7 Å². The van der Waals surface area contributed by atoms with E-state index >= 15 is 0 Å². The highest BCUT2D eigenvalue weighted by atomic mass is 35.5. The highest BCUT2D eigenvalue weighted by Gasteiger charge is 2.22. The van der Waals surface area contributed by atoms with Gasteiger partial charge in [-0.15, -0.1) is 0 Å². The topological polar surface area (TPSA) is 41.6 Å². The normalized spacial score (nSPS) is 16.2. The zero-order valence-corrected chi connectivity index (χ0v) is 12.7. The molecule has 1 N–H and O–H groups in total. The molecular weight excluding hydrogens is 276 g/mol. The van der Waals surface area contributed by atoms with E-state index in [-0.39, 0.29) is 5.91 Å². The van der Waals surface area contributed by atoms with E-state index in [1.165, 1.54) is 0 Å². The molecule has 20 heavy (non-hydrogen) atoms. The van der Waals surface area contributed by atoms with Crippen LogP contribution in [0.2, 0.25) is 5.02 Å². The zero-order chi connectivity index (χ0) is 14.5. The number of nitrogens with zero attached hydrogens (tertiary/aromatic N) is 1. The first-order valence-electron chi connectivity index (χ1n) is 6.91. The van der Waals surface area contributed by atoms with Gasteiger partial charge in [0.05, 0.1) is 13.5 Å². The summed E-state index contributed by atoms with van der Waals surface area (Å²) in [5.41, 5.74) is 0.848. The number of nitrogens with one attached hydrogen (secondary N) is 1. The summed E-state index contributed by atoms with van der Waals surface area (Å²) in [5.74, 6) is 0.855. The Hall–Kier alpha value is -1.26. The van der Waals surface area contributed by atoms with Gasteiger partial charge in [-0.2, -0.15) is 0 Å². The van der Waals surface area contributed by atoms with Gasteiger partial charge >= 0.3 is 0 Å². The molecule has 0 unspecified atom stereocenters. The molecule has 1 aromatic carbocycles. The summed E-state index contributed by atoms with van der Waals surface area (Å²) in [5, 5.41) is 3.89. The molecule has 0 spiro atoms. The molecule has 0 saturated carbocycles. The number of carbonyl (C=O) groups is 1. The SMILES string of the molecule is CNC1CCN(C(=O)Cc2cc(Cl)ccc2OC)CC1. The molecule has 5 heteroatoms. The Labute approximate surface area is 125 Å². The molecule has 0 atom stereocenters. The summed E-state index contributed by atoms with van der Waals surface area (Å²) in [4.78, 5) is 14.3. The summed E-state index contributed by atoms with van der Waals surface area (Å²) in [6.45, 7) is 1.63. The predicted molar refractivity (Wildman–Crippen MR) is 80.4 cm³/mol. The lowest BCUT2D eigenvalue weighted by Crippen LogP contribution is -2.44. The lowest BCUT2D eigenvalue weighted by molar-refractivity contribution is -0.131. The monoisotopic (exact) mass is 296 g/mol. The number of benzene rings is 1. The van der Waals surface area contributed by atoms with Crippen molar-refractivity contribution in [3.63, 3.8) is 0 Å². The van der Waals surface area contributed by atoms with Crippen molar-refractivity contribution in [2.24, 2.45) is 0 Å². The highest BCUT2D eigenvalue weighted by Crippen LogP contribution is 2.24. The first kappa shape index (κ1) is 15.1. The number of hydrogen-bond donors (Lipinski definition) is 1. The molecule has 1 saturated heterocycles. The highest BCUT2D eigenvalue weighted by molar-refractivity contribution is 6.30. The van der Waals surface area contributed by atoms with Gasteiger partial charge in [0.25, 0.3) is 0 Å². The van der Waals surface area contributed by atoms with Crippen LogP contribution in [0.25, 0.3) is 0 Å². The van der Waals surface area contributed by atoms with E-state index in [0.717, 1.165) is 31.5 Å². The Balaban J connectivity index is 1.99. The van der Waals surface area contributed by atoms with Gasteiger partial charge in [-0.25, -0.2) is 0 Å². The minimum Gasteiger partial charge on any atom is -0.496 e. The van der Waals surface area contributed by atoms with E-state index in [1.807, 2.05) is 11.9 Å². The predicted octanol–water partition coefficient (Wildman–Crippen LogP) is 2.10. The molecule has 2 rings (SSSR count). The number of methoxy groups -OCH3 is 1. The van der Waals surface area contributed by atoms with Gasteiger partial charge < -0.3 is 15.0 Å². The minimum absolute atomic E-state index is 0.139. The maximum atomic E-state index is 12.3. The van der Waals surface area contributed by atoms with Crippen LogP contribution >= 0.6 is 11.6 Å². The lowest BCUT2D eigenvalue weighted by atomic mass is 10.0. The van der Waals surface area contributed by atoms with E-state index < -0.39 is 0 Å². The van der Waals surface area contributed by atoms with Crippen LogP contribution in [0, 0.1) is 0 Å². The molecular formula is C15H21ClN2O2. The Morgan fingerprint density at radius 1 is 1.45 bits per heavy atom. The van der Waals surface area contributed by atoms with Crippen LogP contribution in [0.3, 0.4) is 0 Å². The molecule has 1 heterocycles. The molecule has 1 amide bonds. The van der Waals surface area contributed by atoms with Crippen molar-refractivity contribution >= 4 is 17.5 Å². The van der Waals surface area contributed by atoms with Gasteiger partial charge in [-0.3, -0.25) is 4.79 Å². The van der Waals surface area contributed by atoms with Crippen molar-refractivity contribution in [2.45, 2.75) is 25.3 Å². The van der Waals surface area contributed by atoms with E-state index in [2.05, 4.69) is 5.32 Å². The van der Waals surface area contributed by atoms with Gasteiger partial charge in [0.1, 0.15) is 5.75 Å². The van der Waals surface area contributed by atoms with Crippen LogP contribution in [0.4, 0.5) is 0 Å². The maximum Gasteiger partial charge on any atom is 0.227 e. The molecule has 110 valence electrons. The van der Waals surface area contributed by atoms with Gasteiger partial charge in [-0.1, -0.05) is 11.6 Å². The Bertz CT molecular complexity index is 471. The zero-order valence-electron chi connectivity index (χ0n) is 12.0. The number of piperidine rings is 1. The average Bonchev–Trinajstić information content (AvgIpc) is 2.47. The second-order valence-electron chi connectivity index (χ2n) is 5.08. The van der Waals surface area contributed by atoms with Gasteiger partial charge in [0.2, 0.25) is 5.91 Å². The van der Waals surface area contributed by atoms with E-state index in [4.69, 9.17) is 16.3 Å². The number of hydrogen-bond acceptors (Lipinski definition) is 3. The van der Waals surface area contributed by atoms with Crippen molar-refractivity contribution in [2.75, 3.05) is 27.2 Å². The van der Waals surface area contributed by atoms with Crippen molar-refractivity contribution < 1.29 is 9.53 Å². The van der Waals surface area contributed by atoms with Crippen molar-refractivity contribution in [1.82, 2.24) is 10.2 Å². The van der Waals surface area contributed by atoms with Crippen molar-refractivity contribution in [1.29, 1.82) is 0 Å². The van der Waals surface area contributed by atoms with Crippen LogP contribution in [-0.4, -0.2) is 44.1 Å². The van der Waals surface area contributed by atoms with Crippen molar-refractivity contribution in [3.05, 3.63) is 28.8 Å². The van der Waals surface area contributed by atoms with Crippen LogP contribution in [0.5, 0.6) is 5.75 Å². The minimum atomic E-state index is 0.139. The lowest BCUT2D eigenvalue weighted by Gasteiger charge is -2.32. The number of halogens is 1. The quantitative estimate of drug-likeness (QED) is 0.925. The third-order valence-corrected chi connectivity index (χ3v) is 4.08. The molecule has 1 aliphatic rings. The van der Waals surface area contributed by atoms with Crippen LogP contribution in [-0.2, 0) is 11.2 Å². The molecule has 0 bridgehead atoms. The van der Waals surface area contributed by atoms with E-state index in [1.54, 1.807) is 25.3 Å². The van der Waals surface area contributed by atoms with E-state index in [9.17, 15) is 4.79 Å². The molecule has 0 aromatic heterocycles. The first-order valence-corrected chi connectivity index (χ1v) is 7.29. The second-order valence-corrected chi connectivity index (χ2v) is 5.51. The summed E-state index contributed by atoms with van der Waals surface area (Å²) >= 11 is 5.99. The molecule has 0 aliphatic carbocycles. The standard InChI is InChI=1S/C15H21ClN2O2/c1-17-13-5-7-18(8-6-13)15(19)10-11-9-12(16)3-4-14(11)20-2/h3-4,9,13,17H,5-8,10H2,1-2H3. The second kappa shape index (κ2) is 6.95. The summed E-state index contributed by atoms with van der Waals surface area (Å²) < 4.78 is 5.28. The average molecular weight is 297 g/mol. The number of amides is 1. The molecule has 4 nitrogen and oxygen atoms in total. The Kier molecular flexibility index (Phi) is 5.26. The summed E-state index contributed by atoms with van der Waals surface area (Å²) in [7, 11) is 3.58. The first-order chi connectivity index (χ1) is 9.63. The maximum absolute atomic E-state index is 12.3. The fraction of sp³-hybridized carbons (Fsp3) is 0.533. The van der Waals surface area contributed by atoms with Gasteiger partial charge in [0.15, 0.2) is 0 Å². The fourth-order valence-corrected chi connectivity index (χ4v) is 2.77. The number of carbonyl (C=O) groups excluding carboxylic acids is 1. The third kappa shape index (κ3) is 3.64. The van der Waals surface area contributed by atoms with Crippen LogP contribution in [0.15, 0.2) is 18.2 Å². The number of ether oxygens (including phenoxy) is 1. The molecule has 1 fully saturated rings. The number of likely N-dealkylation sites (tertiary alicyclic amines) is 1. The molecule has 1 aromatic rings. The van der Waals surface area contributed by atoms with Crippen molar-refractivity contribution in [3.8, 4) is 5.75 Å². The molecule has 1 aliphatic heterocycles.